The summed E-state index contributed by atoms with van der Waals surface area (Å²) >= 11 is 0. The summed E-state index contributed by atoms with van der Waals surface area (Å²) in [6.45, 7) is 7.49. The summed E-state index contributed by atoms with van der Waals surface area (Å²) in [5, 5.41) is 2.59. The minimum Gasteiger partial charge on any atom is -0.462 e. The number of imidazole rings is 1. The van der Waals surface area contributed by atoms with Gasteiger partial charge in [0.2, 0.25) is 0 Å². The number of aromatic amines is 1. The van der Waals surface area contributed by atoms with Crippen LogP contribution in [0, 0.1) is 6.92 Å². The van der Waals surface area contributed by atoms with Crippen LogP contribution in [-0.4, -0.2) is 56.0 Å². The van der Waals surface area contributed by atoms with Crippen LogP contribution in [0.2, 0.25) is 0 Å². The van der Waals surface area contributed by atoms with Crippen molar-refractivity contribution >= 4 is 24.9 Å². The predicted octanol–water partition coefficient (Wildman–Crippen LogP) is 3.58. The number of ether oxygens (including phenoxy) is 2. The summed E-state index contributed by atoms with van der Waals surface area (Å²) in [4.78, 5) is 35.4. The Morgan fingerprint density at radius 3 is 2.74 bits per heavy atom. The molecule has 0 aliphatic carbocycles. The van der Waals surface area contributed by atoms with Gasteiger partial charge in [-0.25, -0.2) is 18.9 Å². The van der Waals surface area contributed by atoms with Crippen LogP contribution in [0.1, 0.15) is 46.2 Å². The van der Waals surface area contributed by atoms with E-state index < -0.39 is 43.3 Å². The molecule has 206 valence electrons. The number of aryl methyl sites for hydroxylation is 1. The topological polar surface area (TPSA) is 147 Å². The number of esters is 1. The van der Waals surface area contributed by atoms with Crippen LogP contribution in [0.3, 0.4) is 0 Å². The number of fused-ring (bicyclic) bond motifs is 1. The molecule has 2 N–H and O–H groups in total. The van der Waals surface area contributed by atoms with Gasteiger partial charge in [0.15, 0.2) is 23.1 Å². The molecule has 3 heterocycles. The van der Waals surface area contributed by atoms with E-state index in [9.17, 15) is 14.2 Å². The molecule has 2 aromatic heterocycles. The highest BCUT2D eigenvalue weighted by Gasteiger charge is 2.48. The lowest BCUT2D eigenvalue weighted by Gasteiger charge is -2.24. The second-order valence-corrected chi connectivity index (χ2v) is 11.3. The maximum Gasteiger partial charge on any atom is 0.459 e. The monoisotopic (exact) mass is 551 g/mol. The Kier molecular flexibility index (Phi) is 8.03. The molecule has 3 aromatic rings. The molecule has 0 spiro atoms. The fourth-order valence-corrected chi connectivity index (χ4v) is 5.62. The van der Waals surface area contributed by atoms with Gasteiger partial charge in [-0.3, -0.25) is 18.7 Å². The normalized spacial score (nSPS) is 23.9. The third kappa shape index (κ3) is 6.29. The first-order chi connectivity index (χ1) is 17.9. The Morgan fingerprint density at radius 2 is 2.05 bits per heavy atom. The number of para-hydroxylation sites is 1. The number of H-pyrrole nitrogens is 1. The molecule has 12 nitrogen and oxygen atoms in total. The van der Waals surface area contributed by atoms with Gasteiger partial charge in [0, 0.05) is 6.42 Å². The molecule has 0 saturated carbocycles. The Morgan fingerprint density at radius 1 is 1.34 bits per heavy atom. The first-order valence-electron chi connectivity index (χ1n) is 12.1. The fourth-order valence-electron chi connectivity index (χ4n) is 4.10. The third-order valence-electron chi connectivity index (χ3n) is 5.72. The van der Waals surface area contributed by atoms with Gasteiger partial charge in [-0.15, -0.1) is 0 Å². The highest BCUT2D eigenvalue weighted by atomic mass is 31.2. The van der Waals surface area contributed by atoms with E-state index in [4.69, 9.17) is 18.5 Å². The van der Waals surface area contributed by atoms with Gasteiger partial charge in [-0.2, -0.15) is 5.09 Å². The Bertz CT molecular complexity index is 1390. The number of benzene rings is 1. The van der Waals surface area contributed by atoms with Gasteiger partial charge >= 0.3 is 13.7 Å². The highest BCUT2D eigenvalue weighted by Crippen LogP contribution is 2.47. The van der Waals surface area contributed by atoms with Gasteiger partial charge in [-0.1, -0.05) is 18.2 Å². The van der Waals surface area contributed by atoms with Gasteiger partial charge in [0.1, 0.15) is 17.6 Å². The average molecular weight is 552 g/mol. The van der Waals surface area contributed by atoms with Crippen LogP contribution in [-0.2, 0) is 23.4 Å². The van der Waals surface area contributed by atoms with Crippen LogP contribution >= 0.6 is 7.75 Å². The maximum atomic E-state index is 15.7. The number of nitrogens with one attached hydrogen (secondary N) is 2. The number of alkyl halides is 1. The van der Waals surface area contributed by atoms with Crippen molar-refractivity contribution in [1.29, 1.82) is 0 Å². The van der Waals surface area contributed by atoms with Crippen molar-refractivity contribution in [3.8, 4) is 5.75 Å². The van der Waals surface area contributed by atoms with Crippen molar-refractivity contribution in [2.75, 3.05) is 6.61 Å². The van der Waals surface area contributed by atoms with Crippen molar-refractivity contribution in [1.82, 2.24) is 24.6 Å². The number of halogens is 1. The van der Waals surface area contributed by atoms with Crippen LogP contribution in [0.5, 0.6) is 5.75 Å². The van der Waals surface area contributed by atoms with Crippen LogP contribution in [0.25, 0.3) is 11.2 Å². The zero-order valence-corrected chi connectivity index (χ0v) is 22.6. The summed E-state index contributed by atoms with van der Waals surface area (Å²) in [5.74, 6) is -0.0542. The second-order valence-electron chi connectivity index (χ2n) is 9.60. The summed E-state index contributed by atoms with van der Waals surface area (Å²) in [7, 11) is -4.15. The van der Waals surface area contributed by atoms with Crippen LogP contribution in [0.4, 0.5) is 4.39 Å². The average Bonchev–Trinajstić information content (AvgIpc) is 3.37. The molecule has 1 aliphatic rings. The van der Waals surface area contributed by atoms with E-state index in [0.29, 0.717) is 5.82 Å². The Hall–Kier alpha value is -3.12. The molecule has 0 unspecified atom stereocenters. The van der Waals surface area contributed by atoms with Gasteiger partial charge in [0.05, 0.1) is 25.1 Å². The standard InChI is InChI=1S/C24H31FN5O7P/c1-14(2)35-22(32)15(3)29-38(33,37-17-9-7-6-8-10-17)34-12-18-11-24(5,25)23(36-18)30-13-26-19-20(30)27-16(4)28-21(19)31/h6-10,13-15,18,23H,11-12H2,1-5H3,(H,29,33)(H,27,28,31)/t15-,18+,23-,24-,38+/m1/s1. The van der Waals surface area contributed by atoms with Crippen molar-refractivity contribution < 1.29 is 32.3 Å². The largest absolute Gasteiger partial charge is 0.462 e. The third-order valence-corrected chi connectivity index (χ3v) is 7.37. The summed E-state index contributed by atoms with van der Waals surface area (Å²) < 4.78 is 53.1. The molecule has 0 radical (unpaired) electrons. The van der Waals surface area contributed by atoms with E-state index in [-0.39, 0.29) is 36.0 Å². The lowest BCUT2D eigenvalue weighted by atomic mass is 10.0. The Labute approximate surface area is 218 Å². The molecule has 14 heteroatoms. The summed E-state index contributed by atoms with van der Waals surface area (Å²) in [6.07, 6.45) is -1.21. The molecule has 38 heavy (non-hydrogen) atoms. The maximum absolute atomic E-state index is 15.7. The smallest absolute Gasteiger partial charge is 0.459 e. The minimum atomic E-state index is -4.15. The second kappa shape index (κ2) is 10.9. The molecule has 1 aliphatic heterocycles. The van der Waals surface area contributed by atoms with Crippen molar-refractivity contribution in [3.05, 3.63) is 52.8 Å². The number of nitrogens with zero attached hydrogens (tertiary/aromatic N) is 3. The van der Waals surface area contributed by atoms with E-state index in [1.807, 2.05) is 0 Å². The SMILES string of the molecule is Cc1nc2c(ncn2[C@@H]2O[C@H](CO[P@@](=O)(N[C@H](C)C(=O)OC(C)C)Oc3ccccc3)C[C@@]2(C)F)c(=O)[nH]1. The van der Waals surface area contributed by atoms with E-state index in [1.165, 1.54) is 24.7 Å². The number of aromatic nitrogens is 4. The number of rotatable bonds is 10. The number of carbonyl (C=O) groups is 1. The zero-order chi connectivity index (χ0) is 27.7. The van der Waals surface area contributed by atoms with Crippen molar-refractivity contribution in [2.24, 2.45) is 0 Å². The molecular weight excluding hydrogens is 520 g/mol. The van der Waals surface area contributed by atoms with E-state index in [1.54, 1.807) is 51.1 Å². The fraction of sp³-hybridized carbons (Fsp3) is 0.500. The van der Waals surface area contributed by atoms with Gasteiger partial charge in [-0.05, 0) is 46.8 Å². The van der Waals surface area contributed by atoms with E-state index >= 15 is 4.39 Å². The zero-order valence-electron chi connectivity index (χ0n) is 21.7. The Balaban J connectivity index is 1.52. The van der Waals surface area contributed by atoms with Crippen LogP contribution in [0.15, 0.2) is 41.5 Å². The lowest BCUT2D eigenvalue weighted by Crippen LogP contribution is -2.36. The number of hydrogen-bond acceptors (Lipinski definition) is 9. The molecule has 5 atom stereocenters. The number of carbonyl (C=O) groups excluding carboxylic acids is 1. The van der Waals surface area contributed by atoms with E-state index in [2.05, 4.69) is 20.0 Å². The highest BCUT2D eigenvalue weighted by molar-refractivity contribution is 7.52. The molecule has 1 saturated heterocycles. The van der Waals surface area contributed by atoms with Gasteiger partial charge in [0.25, 0.3) is 5.56 Å². The first kappa shape index (κ1) is 27.9. The predicted molar refractivity (Wildman–Crippen MR) is 135 cm³/mol. The quantitative estimate of drug-likeness (QED) is 0.283. The van der Waals surface area contributed by atoms with Crippen molar-refractivity contribution in [2.45, 2.75) is 71.2 Å². The summed E-state index contributed by atoms with van der Waals surface area (Å²) in [5.41, 5.74) is -2.10. The molecule has 1 fully saturated rings. The molecule has 0 bridgehead atoms. The van der Waals surface area contributed by atoms with E-state index in [0.717, 1.165) is 0 Å². The molecule has 1 aromatic carbocycles. The minimum absolute atomic E-state index is 0.0573. The molecule has 0 amide bonds. The van der Waals surface area contributed by atoms with Crippen molar-refractivity contribution in [3.63, 3.8) is 0 Å². The summed E-state index contributed by atoms with van der Waals surface area (Å²) in [6, 6.07) is 7.26. The first-order valence-corrected chi connectivity index (χ1v) is 13.7. The van der Waals surface area contributed by atoms with Gasteiger partial charge < -0.3 is 19.0 Å². The lowest BCUT2D eigenvalue weighted by molar-refractivity contribution is -0.149. The molecular formula is C24H31FN5O7P. The van der Waals surface area contributed by atoms with Crippen LogP contribution < -0.4 is 15.2 Å². The molecule has 4 rings (SSSR count). The number of hydrogen-bond donors (Lipinski definition) is 2.